The summed E-state index contributed by atoms with van der Waals surface area (Å²) in [5, 5.41) is 6.09. The van der Waals surface area contributed by atoms with Crippen molar-refractivity contribution in [3.8, 4) is 0 Å². The highest BCUT2D eigenvalue weighted by molar-refractivity contribution is 5.96. The summed E-state index contributed by atoms with van der Waals surface area (Å²) in [5.41, 5.74) is 2.68. The molecule has 0 fully saturated rings. The monoisotopic (exact) mass is 264 g/mol. The molecule has 0 spiro atoms. The molecule has 0 heterocycles. The summed E-state index contributed by atoms with van der Waals surface area (Å²) in [5.74, 6) is 0.289. The molecule has 0 aliphatic carbocycles. The van der Waals surface area contributed by atoms with Gasteiger partial charge in [0, 0.05) is 25.4 Å². The van der Waals surface area contributed by atoms with Gasteiger partial charge in [0.15, 0.2) is 0 Å². The van der Waals surface area contributed by atoms with Crippen molar-refractivity contribution in [2.75, 3.05) is 26.1 Å². The van der Waals surface area contributed by atoms with E-state index in [1.54, 1.807) is 7.11 Å². The second kappa shape index (κ2) is 7.14. The standard InChI is InChI=1S/C15H24N2O2/c1-10(2)14(9-19-5)17-15(18)13-7-6-12(16-4)8-11(13)3/h6-8,10,14,16H,9H2,1-5H3,(H,17,18). The molecule has 1 aromatic rings. The summed E-state index contributed by atoms with van der Waals surface area (Å²) >= 11 is 0. The van der Waals surface area contributed by atoms with Gasteiger partial charge in [-0.25, -0.2) is 0 Å². The van der Waals surface area contributed by atoms with Crippen LogP contribution in [0.15, 0.2) is 18.2 Å². The predicted octanol–water partition coefficient (Wildman–Crippen LogP) is 2.44. The third-order valence-electron chi connectivity index (χ3n) is 3.23. The molecular weight excluding hydrogens is 240 g/mol. The van der Waals surface area contributed by atoms with E-state index in [9.17, 15) is 4.79 Å². The number of anilines is 1. The van der Waals surface area contributed by atoms with E-state index in [0.717, 1.165) is 11.3 Å². The van der Waals surface area contributed by atoms with E-state index in [-0.39, 0.29) is 11.9 Å². The largest absolute Gasteiger partial charge is 0.388 e. The summed E-state index contributed by atoms with van der Waals surface area (Å²) in [6, 6.07) is 5.75. The number of carbonyl (C=O) groups excluding carboxylic acids is 1. The highest BCUT2D eigenvalue weighted by atomic mass is 16.5. The number of hydrogen-bond acceptors (Lipinski definition) is 3. The van der Waals surface area contributed by atoms with Gasteiger partial charge in [-0.3, -0.25) is 4.79 Å². The van der Waals surface area contributed by atoms with Crippen molar-refractivity contribution in [1.82, 2.24) is 5.32 Å². The van der Waals surface area contributed by atoms with Crippen molar-refractivity contribution < 1.29 is 9.53 Å². The quantitative estimate of drug-likeness (QED) is 0.829. The zero-order valence-corrected chi connectivity index (χ0v) is 12.4. The van der Waals surface area contributed by atoms with E-state index in [4.69, 9.17) is 4.74 Å². The van der Waals surface area contributed by atoms with Gasteiger partial charge in [-0.2, -0.15) is 0 Å². The molecule has 0 aliphatic heterocycles. The minimum atomic E-state index is -0.0455. The van der Waals surface area contributed by atoms with Gasteiger partial charge >= 0.3 is 0 Å². The Morgan fingerprint density at radius 1 is 1.37 bits per heavy atom. The molecule has 1 aromatic carbocycles. The molecule has 0 radical (unpaired) electrons. The number of rotatable bonds is 6. The Morgan fingerprint density at radius 3 is 2.53 bits per heavy atom. The SMILES string of the molecule is CNc1ccc(C(=O)NC(COC)C(C)C)c(C)c1. The van der Waals surface area contributed by atoms with Gasteiger partial charge in [-0.15, -0.1) is 0 Å². The zero-order valence-electron chi connectivity index (χ0n) is 12.4. The molecule has 4 nitrogen and oxygen atoms in total. The van der Waals surface area contributed by atoms with Crippen molar-refractivity contribution in [2.45, 2.75) is 26.8 Å². The van der Waals surface area contributed by atoms with E-state index in [0.29, 0.717) is 18.1 Å². The van der Waals surface area contributed by atoms with E-state index in [2.05, 4.69) is 24.5 Å². The lowest BCUT2D eigenvalue weighted by Crippen LogP contribution is -2.41. The Labute approximate surface area is 115 Å². The summed E-state index contributed by atoms with van der Waals surface area (Å²) in [6.07, 6.45) is 0. The first-order valence-electron chi connectivity index (χ1n) is 6.57. The minimum Gasteiger partial charge on any atom is -0.388 e. The van der Waals surface area contributed by atoms with E-state index in [1.807, 2.05) is 32.2 Å². The maximum absolute atomic E-state index is 12.3. The number of carbonyl (C=O) groups is 1. The van der Waals surface area contributed by atoms with Gasteiger partial charge in [0.2, 0.25) is 0 Å². The maximum Gasteiger partial charge on any atom is 0.251 e. The molecule has 0 saturated heterocycles. The molecule has 0 aromatic heterocycles. The average molecular weight is 264 g/mol. The van der Waals surface area contributed by atoms with Crippen LogP contribution in [0, 0.1) is 12.8 Å². The molecular formula is C15H24N2O2. The number of ether oxygens (including phenoxy) is 1. The molecule has 1 rings (SSSR count). The van der Waals surface area contributed by atoms with Crippen LogP contribution in [0.1, 0.15) is 29.8 Å². The molecule has 1 amide bonds. The average Bonchev–Trinajstić information content (AvgIpc) is 2.37. The van der Waals surface area contributed by atoms with Crippen molar-refractivity contribution in [3.05, 3.63) is 29.3 Å². The number of nitrogens with one attached hydrogen (secondary N) is 2. The topological polar surface area (TPSA) is 50.4 Å². The van der Waals surface area contributed by atoms with Crippen LogP contribution in [0.25, 0.3) is 0 Å². The van der Waals surface area contributed by atoms with Gasteiger partial charge in [-0.05, 0) is 36.6 Å². The molecule has 19 heavy (non-hydrogen) atoms. The first-order valence-corrected chi connectivity index (χ1v) is 6.57. The first-order chi connectivity index (χ1) is 8.99. The maximum atomic E-state index is 12.3. The fourth-order valence-corrected chi connectivity index (χ4v) is 1.90. The van der Waals surface area contributed by atoms with Crippen molar-refractivity contribution in [3.63, 3.8) is 0 Å². The van der Waals surface area contributed by atoms with E-state index < -0.39 is 0 Å². The van der Waals surface area contributed by atoms with E-state index >= 15 is 0 Å². The van der Waals surface area contributed by atoms with Crippen LogP contribution in [0.4, 0.5) is 5.69 Å². The van der Waals surface area contributed by atoms with Crippen LogP contribution in [0.2, 0.25) is 0 Å². The summed E-state index contributed by atoms with van der Waals surface area (Å²) in [4.78, 5) is 12.3. The summed E-state index contributed by atoms with van der Waals surface area (Å²) < 4.78 is 5.14. The first kappa shape index (κ1) is 15.5. The molecule has 1 unspecified atom stereocenters. The predicted molar refractivity (Wildman–Crippen MR) is 78.7 cm³/mol. The fourth-order valence-electron chi connectivity index (χ4n) is 1.90. The third-order valence-corrected chi connectivity index (χ3v) is 3.23. The molecule has 106 valence electrons. The van der Waals surface area contributed by atoms with Gasteiger partial charge in [0.05, 0.1) is 12.6 Å². The second-order valence-corrected chi connectivity index (χ2v) is 5.06. The number of methoxy groups -OCH3 is 1. The number of hydrogen-bond donors (Lipinski definition) is 2. The van der Waals surface area contributed by atoms with Crippen molar-refractivity contribution >= 4 is 11.6 Å². The lowest BCUT2D eigenvalue weighted by Gasteiger charge is -2.22. The summed E-state index contributed by atoms with van der Waals surface area (Å²) in [6.45, 7) is 6.61. The second-order valence-electron chi connectivity index (χ2n) is 5.06. The number of amides is 1. The molecule has 0 saturated carbocycles. The lowest BCUT2D eigenvalue weighted by atomic mass is 10.0. The highest BCUT2D eigenvalue weighted by Gasteiger charge is 2.18. The summed E-state index contributed by atoms with van der Waals surface area (Å²) in [7, 11) is 3.51. The van der Waals surface area contributed by atoms with Crippen LogP contribution in [0.3, 0.4) is 0 Å². The Kier molecular flexibility index (Phi) is 5.83. The minimum absolute atomic E-state index is 0.0286. The molecule has 1 atom stereocenters. The van der Waals surface area contributed by atoms with Crippen molar-refractivity contribution in [2.24, 2.45) is 5.92 Å². The number of benzene rings is 1. The van der Waals surface area contributed by atoms with Crippen LogP contribution in [-0.4, -0.2) is 32.7 Å². The Morgan fingerprint density at radius 2 is 2.05 bits per heavy atom. The molecule has 0 bridgehead atoms. The van der Waals surface area contributed by atoms with Gasteiger partial charge in [-0.1, -0.05) is 13.8 Å². The third kappa shape index (κ3) is 4.24. The molecule has 2 N–H and O–H groups in total. The van der Waals surface area contributed by atoms with E-state index in [1.165, 1.54) is 0 Å². The molecule has 0 aliphatic rings. The smallest absolute Gasteiger partial charge is 0.251 e. The van der Waals surface area contributed by atoms with Gasteiger partial charge in [0.25, 0.3) is 5.91 Å². The Hall–Kier alpha value is -1.55. The van der Waals surface area contributed by atoms with Crippen LogP contribution >= 0.6 is 0 Å². The fraction of sp³-hybridized carbons (Fsp3) is 0.533. The lowest BCUT2D eigenvalue weighted by molar-refractivity contribution is 0.0866. The van der Waals surface area contributed by atoms with Crippen molar-refractivity contribution in [1.29, 1.82) is 0 Å². The van der Waals surface area contributed by atoms with Gasteiger partial charge in [0.1, 0.15) is 0 Å². The van der Waals surface area contributed by atoms with Crippen LogP contribution < -0.4 is 10.6 Å². The highest BCUT2D eigenvalue weighted by Crippen LogP contribution is 2.15. The zero-order chi connectivity index (χ0) is 14.4. The normalized spacial score (nSPS) is 12.3. The van der Waals surface area contributed by atoms with Crippen LogP contribution in [0.5, 0.6) is 0 Å². The Bertz CT molecular complexity index is 430. The Balaban J connectivity index is 2.82. The van der Waals surface area contributed by atoms with Crippen LogP contribution in [-0.2, 0) is 4.74 Å². The number of aryl methyl sites for hydroxylation is 1. The molecule has 4 heteroatoms. The van der Waals surface area contributed by atoms with Gasteiger partial charge < -0.3 is 15.4 Å².